The number of hydrogen-bond donors (Lipinski definition) is 2. The maximum absolute atomic E-state index is 9.37. The summed E-state index contributed by atoms with van der Waals surface area (Å²) in [5.74, 6) is 2.85. The van der Waals surface area contributed by atoms with Crippen molar-refractivity contribution in [2.75, 3.05) is 25.0 Å². The highest BCUT2D eigenvalue weighted by molar-refractivity contribution is 5.84. The topological polar surface area (TPSA) is 79.1 Å². The molecule has 7 nitrogen and oxygen atoms in total. The summed E-state index contributed by atoms with van der Waals surface area (Å²) in [5, 5.41) is 22.0. The van der Waals surface area contributed by atoms with Gasteiger partial charge in [-0.3, -0.25) is 9.47 Å². The number of fused-ring (bicyclic) bond motifs is 5. The van der Waals surface area contributed by atoms with Gasteiger partial charge < -0.3 is 10.4 Å². The predicted molar refractivity (Wildman–Crippen MR) is 128 cm³/mol. The van der Waals surface area contributed by atoms with Gasteiger partial charge in [-0.2, -0.15) is 0 Å². The Kier molecular flexibility index (Phi) is 5.13. The summed E-state index contributed by atoms with van der Waals surface area (Å²) in [6.07, 6.45) is 3.94. The number of hydrogen-bond acceptors (Lipinski definition) is 6. The molecule has 2 aromatic heterocycles. The van der Waals surface area contributed by atoms with Crippen LogP contribution < -0.4 is 5.32 Å². The molecule has 0 radical (unpaired) electrons. The molecule has 6 rings (SSSR count). The van der Waals surface area contributed by atoms with E-state index in [1.165, 1.54) is 5.56 Å². The Labute approximate surface area is 192 Å². The van der Waals surface area contributed by atoms with Crippen molar-refractivity contribution in [3.8, 4) is 28.5 Å². The van der Waals surface area contributed by atoms with Gasteiger partial charge in [0.25, 0.3) is 0 Å². The first-order valence-corrected chi connectivity index (χ1v) is 11.5. The number of rotatable bonds is 4. The molecule has 0 amide bonds. The minimum atomic E-state index is 0.309. The molecule has 2 aliphatic rings. The van der Waals surface area contributed by atoms with Gasteiger partial charge in [0.05, 0.1) is 11.4 Å². The van der Waals surface area contributed by atoms with Crippen molar-refractivity contribution in [3.63, 3.8) is 0 Å². The monoisotopic (exact) mass is 438 g/mol. The largest absolute Gasteiger partial charge is 0.396 e. The fraction of sp³-hybridized carbons (Fsp3) is 0.269. The van der Waals surface area contributed by atoms with Crippen molar-refractivity contribution in [1.82, 2.24) is 24.6 Å². The molecule has 0 unspecified atom stereocenters. The summed E-state index contributed by atoms with van der Waals surface area (Å²) in [5.41, 5.74) is 5.20. The molecular weight excluding hydrogens is 412 g/mol. The molecule has 4 heterocycles. The van der Waals surface area contributed by atoms with Crippen LogP contribution in [0.3, 0.4) is 0 Å². The number of aromatic nitrogens is 4. The van der Waals surface area contributed by atoms with Crippen LogP contribution in [0.2, 0.25) is 0 Å². The number of benzene rings is 2. The van der Waals surface area contributed by atoms with Crippen molar-refractivity contribution < 1.29 is 5.11 Å². The Bertz CT molecular complexity index is 1270. The van der Waals surface area contributed by atoms with Gasteiger partial charge in [0, 0.05) is 30.5 Å². The summed E-state index contributed by atoms with van der Waals surface area (Å²) < 4.78 is 2.09. The highest BCUT2D eigenvalue weighted by Gasteiger charge is 2.25. The standard InChI is InChI=1S/C26H26N6O/c33-17-19-11-14-31(15-12-19)16-18-7-9-20(10-8-18)25-29-30-26-21-4-1-2-5-22(21)28-24-23(32(25)26)6-3-13-27-24/h1-10,13,19,33H,11-12,14-17H2,(H,27,28). The first-order valence-electron chi connectivity index (χ1n) is 11.5. The summed E-state index contributed by atoms with van der Waals surface area (Å²) in [7, 11) is 0. The predicted octanol–water partition coefficient (Wildman–Crippen LogP) is 4.26. The maximum Gasteiger partial charge on any atom is 0.171 e. The van der Waals surface area contributed by atoms with Gasteiger partial charge in [-0.15, -0.1) is 10.2 Å². The van der Waals surface area contributed by atoms with Crippen molar-refractivity contribution in [3.05, 3.63) is 72.4 Å². The van der Waals surface area contributed by atoms with Crippen LogP contribution in [-0.4, -0.2) is 49.5 Å². The van der Waals surface area contributed by atoms with Crippen molar-refractivity contribution in [2.24, 2.45) is 5.92 Å². The number of pyridine rings is 1. The van der Waals surface area contributed by atoms with E-state index < -0.39 is 0 Å². The first kappa shape index (κ1) is 20.1. The molecule has 4 aromatic rings. The normalized spacial score (nSPS) is 15.8. The van der Waals surface area contributed by atoms with E-state index in [0.29, 0.717) is 12.5 Å². The highest BCUT2D eigenvalue weighted by atomic mass is 16.3. The van der Waals surface area contributed by atoms with E-state index in [2.05, 4.69) is 60.3 Å². The number of likely N-dealkylation sites (tertiary alicyclic amines) is 1. The van der Waals surface area contributed by atoms with Crippen LogP contribution in [-0.2, 0) is 6.54 Å². The lowest BCUT2D eigenvalue weighted by atomic mass is 9.97. The van der Waals surface area contributed by atoms with E-state index in [0.717, 1.165) is 72.4 Å². The van der Waals surface area contributed by atoms with Gasteiger partial charge in [0.2, 0.25) is 0 Å². The average Bonchev–Trinajstić information content (AvgIpc) is 3.25. The number of aliphatic hydroxyl groups is 1. The molecular formula is C26H26N6O. The number of piperidine rings is 1. The number of para-hydroxylation sites is 1. The Balaban J connectivity index is 1.34. The second-order valence-electron chi connectivity index (χ2n) is 8.82. The van der Waals surface area contributed by atoms with Gasteiger partial charge >= 0.3 is 0 Å². The number of nitrogens with one attached hydrogen (secondary N) is 1. The van der Waals surface area contributed by atoms with Crippen LogP contribution in [0.5, 0.6) is 0 Å². The third-order valence-corrected chi connectivity index (χ3v) is 6.70. The van der Waals surface area contributed by atoms with Crippen molar-refractivity contribution in [2.45, 2.75) is 19.4 Å². The summed E-state index contributed by atoms with van der Waals surface area (Å²) in [4.78, 5) is 7.04. The van der Waals surface area contributed by atoms with Gasteiger partial charge in [-0.25, -0.2) is 4.98 Å². The molecule has 33 heavy (non-hydrogen) atoms. The quantitative estimate of drug-likeness (QED) is 0.437. The SMILES string of the molecule is OCC1CCN(Cc2ccc(-c3nnc4n3-c3cccnc3Nc3ccccc3-4)cc2)CC1. The van der Waals surface area contributed by atoms with E-state index in [1.807, 2.05) is 30.3 Å². The molecule has 1 saturated heterocycles. The zero-order chi connectivity index (χ0) is 22.2. The third-order valence-electron chi connectivity index (χ3n) is 6.70. The molecule has 2 N–H and O–H groups in total. The number of aliphatic hydroxyl groups excluding tert-OH is 1. The number of anilines is 2. The Hall–Kier alpha value is -3.55. The van der Waals surface area contributed by atoms with Crippen LogP contribution in [0.25, 0.3) is 28.5 Å². The van der Waals surface area contributed by atoms with Crippen LogP contribution in [0.4, 0.5) is 11.5 Å². The van der Waals surface area contributed by atoms with Crippen LogP contribution in [0, 0.1) is 5.92 Å². The van der Waals surface area contributed by atoms with E-state index in [4.69, 9.17) is 0 Å². The summed E-state index contributed by atoms with van der Waals surface area (Å²) in [6.45, 7) is 3.33. The van der Waals surface area contributed by atoms with Crippen LogP contribution >= 0.6 is 0 Å². The minimum Gasteiger partial charge on any atom is -0.396 e. The summed E-state index contributed by atoms with van der Waals surface area (Å²) in [6, 6.07) is 20.7. The molecule has 0 saturated carbocycles. The van der Waals surface area contributed by atoms with Crippen LogP contribution in [0.15, 0.2) is 66.9 Å². The Morgan fingerprint density at radius 3 is 2.52 bits per heavy atom. The molecule has 0 spiro atoms. The lowest BCUT2D eigenvalue weighted by Gasteiger charge is -2.31. The second kappa shape index (κ2) is 8.42. The molecule has 2 aliphatic heterocycles. The Morgan fingerprint density at radius 1 is 0.909 bits per heavy atom. The van der Waals surface area contributed by atoms with E-state index in [-0.39, 0.29) is 0 Å². The second-order valence-corrected chi connectivity index (χ2v) is 8.82. The average molecular weight is 439 g/mol. The van der Waals surface area contributed by atoms with Gasteiger partial charge in [-0.05, 0) is 61.7 Å². The lowest BCUT2D eigenvalue weighted by Crippen LogP contribution is -2.34. The van der Waals surface area contributed by atoms with Crippen LogP contribution in [0.1, 0.15) is 18.4 Å². The lowest BCUT2D eigenvalue weighted by molar-refractivity contribution is 0.127. The molecule has 7 heteroatoms. The number of nitrogens with zero attached hydrogens (tertiary/aromatic N) is 5. The van der Waals surface area contributed by atoms with Gasteiger partial charge in [-0.1, -0.05) is 36.4 Å². The third kappa shape index (κ3) is 3.69. The van der Waals surface area contributed by atoms with E-state index in [1.54, 1.807) is 6.20 Å². The molecule has 0 aliphatic carbocycles. The molecule has 2 aromatic carbocycles. The van der Waals surface area contributed by atoms with Crippen molar-refractivity contribution >= 4 is 11.5 Å². The fourth-order valence-corrected chi connectivity index (χ4v) is 4.81. The smallest absolute Gasteiger partial charge is 0.171 e. The maximum atomic E-state index is 9.37. The Morgan fingerprint density at radius 2 is 1.70 bits per heavy atom. The first-order chi connectivity index (χ1) is 16.3. The van der Waals surface area contributed by atoms with E-state index >= 15 is 0 Å². The molecule has 1 fully saturated rings. The summed E-state index contributed by atoms with van der Waals surface area (Å²) >= 11 is 0. The zero-order valence-corrected chi connectivity index (χ0v) is 18.4. The van der Waals surface area contributed by atoms with Gasteiger partial charge in [0.1, 0.15) is 0 Å². The molecule has 0 bridgehead atoms. The van der Waals surface area contributed by atoms with E-state index in [9.17, 15) is 5.11 Å². The molecule has 0 atom stereocenters. The fourth-order valence-electron chi connectivity index (χ4n) is 4.81. The van der Waals surface area contributed by atoms with Gasteiger partial charge in [0.15, 0.2) is 17.5 Å². The van der Waals surface area contributed by atoms with Crippen molar-refractivity contribution in [1.29, 1.82) is 0 Å². The highest BCUT2D eigenvalue weighted by Crippen LogP contribution is 2.38. The minimum absolute atomic E-state index is 0.309. The zero-order valence-electron chi connectivity index (χ0n) is 18.4. The molecule has 166 valence electrons.